The van der Waals surface area contributed by atoms with Crippen molar-refractivity contribution < 1.29 is 27.8 Å². The molecule has 0 unspecified atom stereocenters. The fourth-order valence-corrected chi connectivity index (χ4v) is 7.14. The third kappa shape index (κ3) is 6.37. The average molecular weight is 679 g/mol. The van der Waals surface area contributed by atoms with Crippen molar-refractivity contribution >= 4 is 29.0 Å². The molecule has 17 heteroatoms. The maximum Gasteiger partial charge on any atom is 0.387 e. The number of thioether (sulfide) groups is 1. The minimum absolute atomic E-state index is 0.0663. The van der Waals surface area contributed by atoms with Crippen molar-refractivity contribution in [3.8, 4) is 17.0 Å². The van der Waals surface area contributed by atoms with Gasteiger partial charge in [0.2, 0.25) is 0 Å². The molecule has 5 aromatic rings. The summed E-state index contributed by atoms with van der Waals surface area (Å²) >= 11 is 1.58. The zero-order chi connectivity index (χ0) is 32.6. The first kappa shape index (κ1) is 30.9. The van der Waals surface area contributed by atoms with Crippen LogP contribution in [0.3, 0.4) is 0 Å². The molecule has 0 spiro atoms. The van der Waals surface area contributed by atoms with Crippen LogP contribution in [0.15, 0.2) is 60.1 Å². The van der Waals surface area contributed by atoms with Gasteiger partial charge in [-0.1, -0.05) is 5.21 Å². The van der Waals surface area contributed by atoms with E-state index < -0.39 is 12.5 Å². The van der Waals surface area contributed by atoms with Gasteiger partial charge in [-0.15, -0.1) is 16.9 Å². The number of anilines is 1. The number of carbonyl (C=O) groups excluding carboxylic acids is 1. The lowest BCUT2D eigenvalue weighted by atomic mass is 10.0. The fraction of sp³-hybridized carbons (Fsp3) is 0.419. The summed E-state index contributed by atoms with van der Waals surface area (Å²) < 4.78 is 47.8. The van der Waals surface area contributed by atoms with Crippen molar-refractivity contribution in [3.05, 3.63) is 66.5 Å². The number of nitrogens with one attached hydrogen (secondary N) is 1. The number of rotatable bonds is 11. The second-order valence-electron chi connectivity index (χ2n) is 12.0. The quantitative estimate of drug-likeness (QED) is 0.219. The Morgan fingerprint density at radius 1 is 1.10 bits per heavy atom. The van der Waals surface area contributed by atoms with Gasteiger partial charge in [-0.05, 0) is 37.1 Å². The van der Waals surface area contributed by atoms with Crippen molar-refractivity contribution in [2.45, 2.75) is 48.2 Å². The molecule has 3 fully saturated rings. The molecule has 0 aliphatic carbocycles. The molecule has 1 N–H and O–H groups in total. The molecule has 0 atom stereocenters. The zero-order valence-corrected chi connectivity index (χ0v) is 26.5. The van der Waals surface area contributed by atoms with E-state index in [1.165, 1.54) is 16.8 Å². The van der Waals surface area contributed by atoms with Gasteiger partial charge in [0, 0.05) is 42.1 Å². The first-order valence-electron chi connectivity index (χ1n) is 15.7. The molecular formula is C31H32F2N10O4S. The molecule has 250 valence electrons. The lowest BCUT2D eigenvalue weighted by Gasteiger charge is -2.41. The lowest BCUT2D eigenvalue weighted by molar-refractivity contribution is -0.0734. The van der Waals surface area contributed by atoms with Crippen LogP contribution in [0.1, 0.15) is 34.9 Å². The second-order valence-corrected chi connectivity index (χ2v) is 13.3. The van der Waals surface area contributed by atoms with E-state index in [1.54, 1.807) is 53.2 Å². The van der Waals surface area contributed by atoms with E-state index >= 15 is 0 Å². The van der Waals surface area contributed by atoms with E-state index in [2.05, 4.69) is 30.6 Å². The van der Waals surface area contributed by atoms with Crippen LogP contribution < -0.4 is 10.1 Å². The largest absolute Gasteiger partial charge is 0.434 e. The number of benzene rings is 1. The number of hydrogen-bond donors (Lipinski definition) is 1. The molecule has 1 aromatic carbocycles. The van der Waals surface area contributed by atoms with E-state index in [1.807, 2.05) is 10.9 Å². The smallest absolute Gasteiger partial charge is 0.387 e. The van der Waals surface area contributed by atoms with Crippen LogP contribution in [0.2, 0.25) is 0 Å². The number of hydrogen-bond acceptors (Lipinski definition) is 11. The topological polar surface area (TPSA) is 139 Å². The SMILES string of the molecule is O=C(Nc1cn(Cc2cn(C3CCN(C4COC4)CC3)nn2)nc1-c1cc(SC2COC2)ccc1OC(F)F)c1cnn2cccnc12. The molecule has 0 saturated carbocycles. The highest BCUT2D eigenvalue weighted by molar-refractivity contribution is 8.00. The van der Waals surface area contributed by atoms with Crippen LogP contribution in [0, 0.1) is 0 Å². The second kappa shape index (κ2) is 13.2. The molecule has 7 heterocycles. The van der Waals surface area contributed by atoms with Crippen LogP contribution in [0.4, 0.5) is 14.5 Å². The van der Waals surface area contributed by atoms with Gasteiger partial charge in [-0.25, -0.2) is 14.2 Å². The fourth-order valence-electron chi connectivity index (χ4n) is 6.09. The molecule has 3 aliphatic rings. The van der Waals surface area contributed by atoms with Gasteiger partial charge >= 0.3 is 6.61 Å². The zero-order valence-electron chi connectivity index (χ0n) is 25.7. The highest BCUT2D eigenvalue weighted by Crippen LogP contribution is 2.40. The van der Waals surface area contributed by atoms with Crippen LogP contribution in [0.25, 0.3) is 16.9 Å². The maximum absolute atomic E-state index is 13.6. The Morgan fingerprint density at radius 2 is 1.94 bits per heavy atom. The van der Waals surface area contributed by atoms with Crippen LogP contribution in [-0.4, -0.2) is 108 Å². The number of carbonyl (C=O) groups is 1. The van der Waals surface area contributed by atoms with Crippen molar-refractivity contribution in [2.24, 2.45) is 0 Å². The monoisotopic (exact) mass is 678 g/mol. The molecule has 0 radical (unpaired) electrons. The summed E-state index contributed by atoms with van der Waals surface area (Å²) in [6.07, 6.45) is 10.2. The van der Waals surface area contributed by atoms with Crippen LogP contribution >= 0.6 is 11.8 Å². The molecule has 0 bridgehead atoms. The lowest BCUT2D eigenvalue weighted by Crippen LogP contribution is -2.51. The third-order valence-corrected chi connectivity index (χ3v) is 9.89. The number of piperidine rings is 1. The normalized spacial score (nSPS) is 17.9. The number of nitrogens with zero attached hydrogens (tertiary/aromatic N) is 9. The molecule has 1 amide bonds. The summed E-state index contributed by atoms with van der Waals surface area (Å²) in [4.78, 5) is 21.2. The molecule has 14 nitrogen and oxygen atoms in total. The first-order chi connectivity index (χ1) is 23.5. The number of fused-ring (bicyclic) bond motifs is 1. The Morgan fingerprint density at radius 3 is 2.69 bits per heavy atom. The van der Waals surface area contributed by atoms with E-state index in [4.69, 9.17) is 19.3 Å². The predicted molar refractivity (Wildman–Crippen MR) is 169 cm³/mol. The standard InChI is InChI=1S/C31H32F2N10O4S/c32-31(33)47-27-3-2-22(48-23-17-46-18-23)10-24(27)28-26(36-30(44)25-11-35-42-7-1-6-34-29(25)42)14-41(38-28)12-19-13-43(39-37-19)20-4-8-40(9-5-20)21-15-45-16-21/h1-3,6-7,10-11,13-14,20-21,23,31H,4-5,8-9,12,15-18H2,(H,36,44). The summed E-state index contributed by atoms with van der Waals surface area (Å²) in [7, 11) is 0. The first-order valence-corrected chi connectivity index (χ1v) is 16.6. The van der Waals surface area contributed by atoms with E-state index in [-0.39, 0.29) is 34.8 Å². The number of halogens is 2. The van der Waals surface area contributed by atoms with Crippen LogP contribution in [-0.2, 0) is 16.0 Å². The Hall–Kier alpha value is -4.45. The van der Waals surface area contributed by atoms with Crippen molar-refractivity contribution in [3.63, 3.8) is 0 Å². The summed E-state index contributed by atoms with van der Waals surface area (Å²) in [5.74, 6) is -0.549. The molecule has 4 aromatic heterocycles. The number of amides is 1. The van der Waals surface area contributed by atoms with Gasteiger partial charge in [-0.2, -0.15) is 19.0 Å². The summed E-state index contributed by atoms with van der Waals surface area (Å²) in [6.45, 7) is 1.95. The molecule has 3 saturated heterocycles. The molecule has 48 heavy (non-hydrogen) atoms. The number of alkyl halides is 2. The van der Waals surface area contributed by atoms with E-state index in [0.29, 0.717) is 41.8 Å². The summed E-state index contributed by atoms with van der Waals surface area (Å²) in [5, 5.41) is 21.0. The number of likely N-dealkylation sites (tertiary alicyclic amines) is 1. The number of aromatic nitrogens is 8. The number of ether oxygens (including phenoxy) is 3. The minimum atomic E-state index is -3.06. The van der Waals surface area contributed by atoms with E-state index in [0.717, 1.165) is 44.0 Å². The highest BCUT2D eigenvalue weighted by Gasteiger charge is 2.31. The van der Waals surface area contributed by atoms with E-state index in [9.17, 15) is 13.6 Å². The Bertz CT molecular complexity index is 1920. The van der Waals surface area contributed by atoms with Gasteiger partial charge in [0.15, 0.2) is 5.65 Å². The van der Waals surface area contributed by atoms with Gasteiger partial charge in [0.25, 0.3) is 5.91 Å². The average Bonchev–Trinajstić information content (AvgIpc) is 3.78. The maximum atomic E-state index is 13.6. The predicted octanol–water partition coefficient (Wildman–Crippen LogP) is 3.61. The van der Waals surface area contributed by atoms with Crippen molar-refractivity contribution in [1.82, 2.24) is 44.3 Å². The van der Waals surface area contributed by atoms with Gasteiger partial charge in [-0.3, -0.25) is 14.4 Å². The van der Waals surface area contributed by atoms with Gasteiger partial charge in [0.05, 0.1) is 68.4 Å². The summed E-state index contributed by atoms with van der Waals surface area (Å²) in [5.41, 5.74) is 2.14. The molecule has 3 aliphatic heterocycles. The van der Waals surface area contributed by atoms with Crippen molar-refractivity contribution in [1.29, 1.82) is 0 Å². The third-order valence-electron chi connectivity index (χ3n) is 8.76. The summed E-state index contributed by atoms with van der Waals surface area (Å²) in [6, 6.07) is 7.44. The van der Waals surface area contributed by atoms with Gasteiger partial charge < -0.3 is 19.5 Å². The Labute approximate surface area is 277 Å². The highest BCUT2D eigenvalue weighted by atomic mass is 32.2. The minimum Gasteiger partial charge on any atom is -0.434 e. The van der Waals surface area contributed by atoms with Crippen LogP contribution in [0.5, 0.6) is 5.75 Å². The van der Waals surface area contributed by atoms with Gasteiger partial charge in [0.1, 0.15) is 22.7 Å². The Balaban J connectivity index is 1.09. The molecule has 8 rings (SSSR count). The Kier molecular flexibility index (Phi) is 8.50. The molecular weight excluding hydrogens is 646 g/mol. The van der Waals surface area contributed by atoms with Crippen molar-refractivity contribution in [2.75, 3.05) is 44.8 Å².